The summed E-state index contributed by atoms with van der Waals surface area (Å²) >= 11 is 1.78. The molecule has 1 aromatic heterocycles. The van der Waals surface area contributed by atoms with E-state index in [1.165, 1.54) is 10.4 Å². The molecule has 0 aromatic carbocycles. The summed E-state index contributed by atoms with van der Waals surface area (Å²) in [5.74, 6) is 0. The Kier molecular flexibility index (Phi) is 6.68. The molecule has 2 unspecified atom stereocenters. The van der Waals surface area contributed by atoms with Crippen LogP contribution >= 0.6 is 11.3 Å². The van der Waals surface area contributed by atoms with Crippen molar-refractivity contribution in [3.8, 4) is 0 Å². The molecule has 0 aliphatic heterocycles. The van der Waals surface area contributed by atoms with Gasteiger partial charge in [0.1, 0.15) is 5.60 Å². The minimum absolute atomic E-state index is 0.0870. The zero-order valence-electron chi connectivity index (χ0n) is 13.9. The van der Waals surface area contributed by atoms with Crippen molar-refractivity contribution in [3.05, 3.63) is 21.9 Å². The molecular weight excluding hydrogens is 284 g/mol. The van der Waals surface area contributed by atoms with Crippen molar-refractivity contribution in [2.45, 2.75) is 65.6 Å². The van der Waals surface area contributed by atoms with Gasteiger partial charge in [-0.05, 0) is 71.5 Å². The first kappa shape index (κ1) is 18.0. The van der Waals surface area contributed by atoms with E-state index in [0.717, 1.165) is 13.0 Å². The molecule has 0 fully saturated rings. The molecule has 1 amide bonds. The molecule has 1 rings (SSSR count). The van der Waals surface area contributed by atoms with Gasteiger partial charge in [-0.3, -0.25) is 0 Å². The van der Waals surface area contributed by atoms with Gasteiger partial charge in [-0.2, -0.15) is 0 Å². The molecule has 1 aromatic rings. The monoisotopic (exact) mass is 312 g/mol. The lowest BCUT2D eigenvalue weighted by Crippen LogP contribution is -2.39. The van der Waals surface area contributed by atoms with Crippen LogP contribution in [0.3, 0.4) is 0 Å². The molecule has 120 valence electrons. The van der Waals surface area contributed by atoms with E-state index >= 15 is 0 Å². The smallest absolute Gasteiger partial charge is 0.407 e. The summed E-state index contributed by atoms with van der Waals surface area (Å²) in [6.07, 6.45) is 0.519. The van der Waals surface area contributed by atoms with E-state index in [1.54, 1.807) is 11.3 Å². The Bertz CT molecular complexity index is 451. The number of nitrogens with one attached hydrogen (secondary N) is 2. The number of aryl methyl sites for hydroxylation is 1. The molecule has 4 nitrogen and oxygen atoms in total. The van der Waals surface area contributed by atoms with Crippen molar-refractivity contribution >= 4 is 17.4 Å². The highest BCUT2D eigenvalue weighted by atomic mass is 32.1. The van der Waals surface area contributed by atoms with Crippen LogP contribution in [0.2, 0.25) is 0 Å². The number of hydrogen-bond donors (Lipinski definition) is 2. The van der Waals surface area contributed by atoms with Gasteiger partial charge in [0.2, 0.25) is 0 Å². The first-order valence-corrected chi connectivity index (χ1v) is 8.34. The fourth-order valence-corrected chi connectivity index (χ4v) is 2.98. The highest BCUT2D eigenvalue weighted by Gasteiger charge is 2.17. The molecule has 0 aliphatic rings. The Morgan fingerprint density at radius 1 is 1.38 bits per heavy atom. The SMILES string of the molecule is Cc1ccsc1C(C)NCCC(C)NC(=O)OC(C)(C)C. The molecule has 0 radical (unpaired) electrons. The molecule has 0 bridgehead atoms. The van der Waals surface area contributed by atoms with E-state index in [1.807, 2.05) is 27.7 Å². The molecule has 5 heteroatoms. The van der Waals surface area contributed by atoms with E-state index in [2.05, 4.69) is 35.9 Å². The lowest BCUT2D eigenvalue weighted by Gasteiger charge is -2.22. The lowest BCUT2D eigenvalue weighted by molar-refractivity contribution is 0.0506. The van der Waals surface area contributed by atoms with Gasteiger partial charge in [0.05, 0.1) is 0 Å². The summed E-state index contributed by atoms with van der Waals surface area (Å²) < 4.78 is 5.24. The molecule has 2 N–H and O–H groups in total. The fourth-order valence-electron chi connectivity index (χ4n) is 2.02. The summed E-state index contributed by atoms with van der Waals surface area (Å²) in [6.45, 7) is 12.8. The normalized spacial score (nSPS) is 14.6. The van der Waals surface area contributed by atoms with E-state index in [9.17, 15) is 4.79 Å². The number of thiophene rings is 1. The number of alkyl carbamates (subject to hydrolysis) is 1. The van der Waals surface area contributed by atoms with Crippen LogP contribution in [0.15, 0.2) is 11.4 Å². The van der Waals surface area contributed by atoms with E-state index in [0.29, 0.717) is 6.04 Å². The van der Waals surface area contributed by atoms with Crippen LogP contribution in [0, 0.1) is 6.92 Å². The Balaban J connectivity index is 2.26. The lowest BCUT2D eigenvalue weighted by atomic mass is 10.1. The quantitative estimate of drug-likeness (QED) is 0.834. The second kappa shape index (κ2) is 7.80. The third kappa shape index (κ3) is 6.96. The molecular formula is C16H28N2O2S. The number of amides is 1. The van der Waals surface area contributed by atoms with E-state index in [4.69, 9.17) is 4.74 Å². The summed E-state index contributed by atoms with van der Waals surface area (Å²) in [4.78, 5) is 13.0. The number of hydrogen-bond acceptors (Lipinski definition) is 4. The maximum Gasteiger partial charge on any atom is 0.407 e. The van der Waals surface area contributed by atoms with Crippen molar-refractivity contribution in [2.75, 3.05) is 6.54 Å². The number of carbonyl (C=O) groups excluding carboxylic acids is 1. The van der Waals surface area contributed by atoms with Crippen LogP contribution in [-0.4, -0.2) is 24.3 Å². The van der Waals surface area contributed by atoms with Gasteiger partial charge in [-0.1, -0.05) is 0 Å². The van der Waals surface area contributed by atoms with Gasteiger partial charge in [-0.15, -0.1) is 11.3 Å². The van der Waals surface area contributed by atoms with Crippen LogP contribution in [-0.2, 0) is 4.74 Å². The van der Waals surface area contributed by atoms with Gasteiger partial charge in [0, 0.05) is 17.0 Å². The molecule has 1 heterocycles. The maximum absolute atomic E-state index is 11.6. The fraction of sp³-hybridized carbons (Fsp3) is 0.688. The second-order valence-electron chi connectivity index (χ2n) is 6.48. The molecule has 0 spiro atoms. The average molecular weight is 312 g/mol. The first-order chi connectivity index (χ1) is 9.69. The van der Waals surface area contributed by atoms with E-state index in [-0.39, 0.29) is 12.1 Å². The Hall–Kier alpha value is -1.07. The molecule has 21 heavy (non-hydrogen) atoms. The van der Waals surface area contributed by atoms with Crippen LogP contribution in [0.25, 0.3) is 0 Å². The second-order valence-corrected chi connectivity index (χ2v) is 7.43. The van der Waals surface area contributed by atoms with Gasteiger partial charge in [-0.25, -0.2) is 4.79 Å². The Morgan fingerprint density at radius 3 is 2.57 bits per heavy atom. The van der Waals surface area contributed by atoms with Gasteiger partial charge >= 0.3 is 6.09 Å². The minimum atomic E-state index is -0.451. The minimum Gasteiger partial charge on any atom is -0.444 e. The molecule has 0 saturated heterocycles. The third-order valence-corrected chi connectivity index (χ3v) is 4.29. The molecule has 0 aliphatic carbocycles. The van der Waals surface area contributed by atoms with Crippen LogP contribution < -0.4 is 10.6 Å². The summed E-state index contributed by atoms with van der Waals surface area (Å²) in [5, 5.41) is 8.47. The number of ether oxygens (including phenoxy) is 1. The Labute approximate surface area is 132 Å². The molecule has 0 saturated carbocycles. The highest BCUT2D eigenvalue weighted by Crippen LogP contribution is 2.23. The topological polar surface area (TPSA) is 50.4 Å². The highest BCUT2D eigenvalue weighted by molar-refractivity contribution is 7.10. The van der Waals surface area contributed by atoms with Gasteiger partial charge in [0.25, 0.3) is 0 Å². The predicted molar refractivity (Wildman–Crippen MR) is 88.9 cm³/mol. The summed E-state index contributed by atoms with van der Waals surface area (Å²) in [5.41, 5.74) is 0.882. The average Bonchev–Trinajstić information content (AvgIpc) is 2.72. The van der Waals surface area contributed by atoms with Gasteiger partial charge < -0.3 is 15.4 Å². The zero-order valence-corrected chi connectivity index (χ0v) is 14.8. The largest absolute Gasteiger partial charge is 0.444 e. The van der Waals surface area contributed by atoms with Crippen molar-refractivity contribution in [1.29, 1.82) is 0 Å². The van der Waals surface area contributed by atoms with Crippen molar-refractivity contribution < 1.29 is 9.53 Å². The van der Waals surface area contributed by atoms with Crippen molar-refractivity contribution in [2.24, 2.45) is 0 Å². The van der Waals surface area contributed by atoms with E-state index < -0.39 is 5.60 Å². The maximum atomic E-state index is 11.6. The molecule has 2 atom stereocenters. The third-order valence-electron chi connectivity index (χ3n) is 3.09. The van der Waals surface area contributed by atoms with Crippen molar-refractivity contribution in [3.63, 3.8) is 0 Å². The van der Waals surface area contributed by atoms with Crippen LogP contribution in [0.5, 0.6) is 0 Å². The zero-order chi connectivity index (χ0) is 16.0. The van der Waals surface area contributed by atoms with Crippen LogP contribution in [0.1, 0.15) is 57.5 Å². The number of rotatable bonds is 6. The first-order valence-electron chi connectivity index (χ1n) is 7.46. The Morgan fingerprint density at radius 2 is 2.05 bits per heavy atom. The van der Waals surface area contributed by atoms with Crippen LogP contribution in [0.4, 0.5) is 4.79 Å². The van der Waals surface area contributed by atoms with Crippen molar-refractivity contribution in [1.82, 2.24) is 10.6 Å². The number of carbonyl (C=O) groups is 1. The summed E-state index contributed by atoms with van der Waals surface area (Å²) in [7, 11) is 0. The summed E-state index contributed by atoms with van der Waals surface area (Å²) in [6, 6.07) is 2.58. The predicted octanol–water partition coefficient (Wildman–Crippen LogP) is 4.01. The standard InChI is InChI=1S/C16H28N2O2S/c1-11-8-10-21-14(11)13(3)17-9-7-12(2)18-15(19)20-16(4,5)6/h8,10,12-13,17H,7,9H2,1-6H3,(H,18,19). The van der Waals surface area contributed by atoms with Gasteiger partial charge in [0.15, 0.2) is 0 Å².